The van der Waals surface area contributed by atoms with Gasteiger partial charge in [0.1, 0.15) is 19.6 Å². The Bertz CT molecular complexity index is 428. The van der Waals surface area contributed by atoms with Crippen LogP contribution in [0.25, 0.3) is 0 Å². The number of hydrogen-bond acceptors (Lipinski definition) is 2. The first-order chi connectivity index (χ1) is 10.4. The van der Waals surface area contributed by atoms with E-state index in [9.17, 15) is 5.21 Å². The average Bonchev–Trinajstić information content (AvgIpc) is 2.47. The summed E-state index contributed by atoms with van der Waals surface area (Å²) in [5.41, 5.74) is 0.00973. The summed E-state index contributed by atoms with van der Waals surface area (Å²) in [6.07, 6.45) is 2.18. The zero-order chi connectivity index (χ0) is 19.0. The molecule has 0 saturated carbocycles. The Hall–Kier alpha value is 0.314. The van der Waals surface area contributed by atoms with Crippen molar-refractivity contribution < 1.29 is 14.3 Å². The molecule has 144 valence electrons. The van der Waals surface area contributed by atoms with Crippen molar-refractivity contribution in [3.8, 4) is 0 Å². The van der Waals surface area contributed by atoms with Crippen LogP contribution in [-0.4, -0.2) is 51.5 Å². The number of likely N-dealkylation sites (tertiary alicyclic amines) is 1. The SMILES string of the molecule is CC1CC[N+](O)(CC(C)(CC(C)(C)O[Si](C)(C)C)C[Si](C)(C)C)C1. The first-order valence-electron chi connectivity index (χ1n) is 9.72. The lowest BCUT2D eigenvalue weighted by Crippen LogP contribution is -2.53. The Morgan fingerprint density at radius 1 is 1.08 bits per heavy atom. The normalized spacial score (nSPS) is 28.9. The molecule has 0 aromatic carbocycles. The first-order valence-corrected chi connectivity index (χ1v) is 16.8. The van der Waals surface area contributed by atoms with E-state index in [1.165, 1.54) is 6.04 Å². The van der Waals surface area contributed by atoms with Crippen LogP contribution in [0.4, 0.5) is 0 Å². The predicted octanol–water partition coefficient (Wildman–Crippen LogP) is 5.60. The van der Waals surface area contributed by atoms with Gasteiger partial charge in [-0.15, -0.1) is 0 Å². The van der Waals surface area contributed by atoms with Crippen LogP contribution >= 0.6 is 0 Å². The number of quaternary nitrogens is 1. The van der Waals surface area contributed by atoms with Gasteiger partial charge in [0.2, 0.25) is 0 Å². The van der Waals surface area contributed by atoms with Crippen LogP contribution in [0.15, 0.2) is 0 Å². The molecular weight excluding hydrogens is 330 g/mol. The third-order valence-electron chi connectivity index (χ3n) is 4.76. The molecule has 0 spiro atoms. The molecule has 24 heavy (non-hydrogen) atoms. The standard InChI is InChI=1S/C19H44NO2Si2/c1-17-11-12-20(21,13-17)15-19(4,16-23(5,6)7)14-18(2,3)22-24(8,9)10/h17,21H,11-16H2,1-10H3/q+1. The zero-order valence-corrected chi connectivity index (χ0v) is 20.1. The van der Waals surface area contributed by atoms with Crippen molar-refractivity contribution in [2.24, 2.45) is 11.3 Å². The first kappa shape index (κ1) is 22.4. The summed E-state index contributed by atoms with van der Waals surface area (Å²) in [5, 5.41) is 11.1. The minimum Gasteiger partial charge on any atom is -0.413 e. The molecule has 3 unspecified atom stereocenters. The maximum atomic E-state index is 11.1. The smallest absolute Gasteiger partial charge is 0.184 e. The van der Waals surface area contributed by atoms with Crippen LogP contribution < -0.4 is 0 Å². The quantitative estimate of drug-likeness (QED) is 0.443. The second kappa shape index (κ2) is 7.14. The molecule has 0 radical (unpaired) electrons. The van der Waals surface area contributed by atoms with Gasteiger partial charge in [0, 0.05) is 25.8 Å². The summed E-state index contributed by atoms with van der Waals surface area (Å²) < 4.78 is 6.79. The summed E-state index contributed by atoms with van der Waals surface area (Å²) >= 11 is 0. The van der Waals surface area contributed by atoms with Crippen molar-refractivity contribution in [1.82, 2.24) is 0 Å². The fraction of sp³-hybridized carbons (Fsp3) is 1.00. The Kier molecular flexibility index (Phi) is 6.65. The zero-order valence-electron chi connectivity index (χ0n) is 18.1. The van der Waals surface area contributed by atoms with Gasteiger partial charge in [-0.25, -0.2) is 5.21 Å². The van der Waals surface area contributed by atoms with Crippen LogP contribution in [0.1, 0.15) is 40.5 Å². The van der Waals surface area contributed by atoms with E-state index in [1.807, 2.05) is 0 Å². The van der Waals surface area contributed by atoms with E-state index in [1.54, 1.807) is 0 Å². The molecule has 1 heterocycles. The highest BCUT2D eigenvalue weighted by atomic mass is 28.4. The molecule has 1 fully saturated rings. The lowest BCUT2D eigenvalue weighted by molar-refractivity contribution is -1.10. The lowest BCUT2D eigenvalue weighted by Gasteiger charge is -2.45. The third kappa shape index (κ3) is 8.13. The second-order valence-corrected chi connectivity index (χ2v) is 21.7. The summed E-state index contributed by atoms with van der Waals surface area (Å²) in [6.45, 7) is 26.0. The van der Waals surface area contributed by atoms with Gasteiger partial charge in [-0.2, -0.15) is 4.65 Å². The summed E-state index contributed by atoms with van der Waals surface area (Å²) in [6, 6.07) is 1.24. The van der Waals surface area contributed by atoms with Crippen molar-refractivity contribution in [1.29, 1.82) is 0 Å². The molecule has 0 aliphatic carbocycles. The molecule has 3 nitrogen and oxygen atoms in total. The van der Waals surface area contributed by atoms with Gasteiger partial charge in [0.05, 0.1) is 5.60 Å². The van der Waals surface area contributed by atoms with Crippen LogP contribution in [0.3, 0.4) is 0 Å². The van der Waals surface area contributed by atoms with E-state index < -0.39 is 16.4 Å². The maximum Gasteiger partial charge on any atom is 0.184 e. The summed E-state index contributed by atoms with van der Waals surface area (Å²) in [7, 11) is -2.82. The van der Waals surface area contributed by atoms with E-state index in [0.29, 0.717) is 5.92 Å². The fourth-order valence-corrected chi connectivity index (χ4v) is 9.95. The van der Waals surface area contributed by atoms with Gasteiger partial charge in [-0.1, -0.05) is 33.5 Å². The highest BCUT2D eigenvalue weighted by Crippen LogP contribution is 2.42. The van der Waals surface area contributed by atoms with Gasteiger partial charge < -0.3 is 4.43 Å². The maximum absolute atomic E-state index is 11.1. The Balaban J connectivity index is 2.98. The summed E-state index contributed by atoms with van der Waals surface area (Å²) in [4.78, 5) is 0. The monoisotopic (exact) mass is 374 g/mol. The molecule has 0 bridgehead atoms. The third-order valence-corrected chi connectivity index (χ3v) is 7.84. The molecule has 1 N–H and O–H groups in total. The number of rotatable bonds is 8. The van der Waals surface area contributed by atoms with Gasteiger partial charge in [-0.05, 0) is 46.0 Å². The predicted molar refractivity (Wildman–Crippen MR) is 110 cm³/mol. The second-order valence-electron chi connectivity index (χ2n) is 11.8. The van der Waals surface area contributed by atoms with Crippen molar-refractivity contribution >= 4 is 16.4 Å². The highest BCUT2D eigenvalue weighted by molar-refractivity contribution is 6.76. The van der Waals surface area contributed by atoms with E-state index in [-0.39, 0.29) is 15.7 Å². The highest BCUT2D eigenvalue weighted by Gasteiger charge is 2.47. The minimum absolute atomic E-state index is 0.122. The van der Waals surface area contributed by atoms with Crippen molar-refractivity contribution in [2.75, 3.05) is 19.6 Å². The fourth-order valence-electron chi connectivity index (χ4n) is 5.42. The molecule has 0 amide bonds. The number of hydroxylamine groups is 3. The van der Waals surface area contributed by atoms with E-state index >= 15 is 0 Å². The van der Waals surface area contributed by atoms with Gasteiger partial charge >= 0.3 is 0 Å². The largest absolute Gasteiger partial charge is 0.413 e. The molecule has 1 aliphatic heterocycles. The van der Waals surface area contributed by atoms with Crippen LogP contribution in [-0.2, 0) is 4.43 Å². The van der Waals surface area contributed by atoms with Gasteiger partial charge in [0.15, 0.2) is 8.32 Å². The van der Waals surface area contributed by atoms with E-state index in [4.69, 9.17) is 4.43 Å². The molecule has 0 aromatic rings. The number of nitrogens with zero attached hydrogens (tertiary/aromatic N) is 1. The van der Waals surface area contributed by atoms with Gasteiger partial charge in [-0.3, -0.25) is 0 Å². The topological polar surface area (TPSA) is 29.5 Å². The molecule has 1 rings (SSSR count). The minimum atomic E-state index is -1.58. The summed E-state index contributed by atoms with van der Waals surface area (Å²) in [5.74, 6) is 0.636. The van der Waals surface area contributed by atoms with Crippen molar-refractivity contribution in [3.05, 3.63) is 0 Å². The molecule has 1 saturated heterocycles. The Morgan fingerprint density at radius 3 is 2.00 bits per heavy atom. The van der Waals surface area contributed by atoms with E-state index in [2.05, 4.69) is 67.0 Å². The molecule has 5 heteroatoms. The van der Waals surface area contributed by atoms with Crippen molar-refractivity contribution in [3.63, 3.8) is 0 Å². The Labute approximate surface area is 153 Å². The van der Waals surface area contributed by atoms with Crippen LogP contribution in [0.2, 0.25) is 45.3 Å². The van der Waals surface area contributed by atoms with Gasteiger partial charge in [0.25, 0.3) is 0 Å². The van der Waals surface area contributed by atoms with Crippen LogP contribution in [0, 0.1) is 11.3 Å². The van der Waals surface area contributed by atoms with E-state index in [0.717, 1.165) is 32.5 Å². The lowest BCUT2D eigenvalue weighted by atomic mass is 9.81. The average molecular weight is 375 g/mol. The van der Waals surface area contributed by atoms with Crippen LogP contribution in [0.5, 0.6) is 0 Å². The number of hydrogen-bond donors (Lipinski definition) is 1. The molecular formula is C19H44NO2Si2+. The molecule has 3 atom stereocenters. The molecule has 0 aromatic heterocycles. The van der Waals surface area contributed by atoms with Crippen molar-refractivity contribution in [2.45, 2.75) is 91.5 Å². The Morgan fingerprint density at radius 2 is 1.62 bits per heavy atom. The molecule has 1 aliphatic rings.